The standard InChI is InChI=1S/C12H24Cl2/c1-4-5-6-7-8-9-10-11(13)12(2,3)14/h11H,4-10H2,1-3H3. The van der Waals surface area contributed by atoms with E-state index in [9.17, 15) is 0 Å². The summed E-state index contributed by atoms with van der Waals surface area (Å²) in [4.78, 5) is -0.259. The van der Waals surface area contributed by atoms with Crippen LogP contribution in [0, 0.1) is 0 Å². The summed E-state index contributed by atoms with van der Waals surface area (Å²) in [5.41, 5.74) is 0. The first kappa shape index (κ1) is 14.6. The maximum atomic E-state index is 6.17. The molecule has 0 aliphatic rings. The maximum absolute atomic E-state index is 6.17. The number of rotatable bonds is 8. The zero-order chi connectivity index (χ0) is 11.0. The second-order valence-electron chi connectivity index (χ2n) is 4.59. The maximum Gasteiger partial charge on any atom is 0.0553 e. The Hall–Kier alpha value is 0.580. The quantitative estimate of drug-likeness (QED) is 0.395. The van der Waals surface area contributed by atoms with Crippen LogP contribution in [-0.2, 0) is 0 Å². The summed E-state index contributed by atoms with van der Waals surface area (Å²) in [6.07, 6.45) is 8.96. The Morgan fingerprint density at radius 3 is 2.00 bits per heavy atom. The van der Waals surface area contributed by atoms with E-state index in [0.29, 0.717) is 0 Å². The molecule has 0 aromatic carbocycles. The molecule has 0 heterocycles. The average Bonchev–Trinajstić information content (AvgIpc) is 2.09. The van der Waals surface area contributed by atoms with E-state index in [4.69, 9.17) is 23.2 Å². The van der Waals surface area contributed by atoms with Gasteiger partial charge in [-0.15, -0.1) is 23.2 Å². The molecule has 0 spiro atoms. The van der Waals surface area contributed by atoms with Gasteiger partial charge < -0.3 is 0 Å². The molecule has 0 aromatic heterocycles. The minimum absolute atomic E-state index is 0.107. The summed E-state index contributed by atoms with van der Waals surface area (Å²) in [6.45, 7) is 6.22. The van der Waals surface area contributed by atoms with Crippen molar-refractivity contribution in [3.63, 3.8) is 0 Å². The molecule has 0 rings (SSSR count). The zero-order valence-electron chi connectivity index (χ0n) is 9.78. The molecule has 1 atom stereocenters. The van der Waals surface area contributed by atoms with Gasteiger partial charge in [-0.05, 0) is 20.3 Å². The van der Waals surface area contributed by atoms with Gasteiger partial charge >= 0.3 is 0 Å². The molecule has 0 fully saturated rings. The molecule has 14 heavy (non-hydrogen) atoms. The highest BCUT2D eigenvalue weighted by Crippen LogP contribution is 2.27. The van der Waals surface area contributed by atoms with Crippen molar-refractivity contribution in [1.29, 1.82) is 0 Å². The summed E-state index contributed by atoms with van der Waals surface area (Å²) in [6, 6.07) is 0. The largest absolute Gasteiger partial charge is 0.121 e. The molecule has 0 radical (unpaired) electrons. The molecule has 0 aliphatic heterocycles. The van der Waals surface area contributed by atoms with E-state index in [0.717, 1.165) is 6.42 Å². The van der Waals surface area contributed by atoms with Crippen molar-refractivity contribution < 1.29 is 0 Å². The summed E-state index contributed by atoms with van der Waals surface area (Å²) in [7, 11) is 0. The van der Waals surface area contributed by atoms with Crippen molar-refractivity contribution in [3.05, 3.63) is 0 Å². The minimum atomic E-state index is -0.259. The van der Waals surface area contributed by atoms with Gasteiger partial charge in [-0.25, -0.2) is 0 Å². The molecule has 0 bridgehead atoms. The average molecular weight is 239 g/mol. The van der Waals surface area contributed by atoms with E-state index < -0.39 is 0 Å². The summed E-state index contributed by atoms with van der Waals surface area (Å²) >= 11 is 12.3. The molecule has 1 unspecified atom stereocenters. The van der Waals surface area contributed by atoms with Gasteiger partial charge in [0, 0.05) is 0 Å². The van der Waals surface area contributed by atoms with Gasteiger partial charge in [-0.1, -0.05) is 45.4 Å². The van der Waals surface area contributed by atoms with E-state index in [2.05, 4.69) is 6.92 Å². The molecule has 0 aliphatic carbocycles. The second kappa shape index (κ2) is 7.82. The lowest BCUT2D eigenvalue weighted by atomic mass is 10.0. The van der Waals surface area contributed by atoms with Gasteiger partial charge in [-0.2, -0.15) is 0 Å². The van der Waals surface area contributed by atoms with Crippen LogP contribution in [0.4, 0.5) is 0 Å². The first-order valence-corrected chi connectivity index (χ1v) is 6.63. The lowest BCUT2D eigenvalue weighted by Crippen LogP contribution is -2.24. The Balaban J connectivity index is 3.28. The van der Waals surface area contributed by atoms with E-state index >= 15 is 0 Å². The Labute approximate surface area is 99.4 Å². The molecule has 0 N–H and O–H groups in total. The van der Waals surface area contributed by atoms with Crippen LogP contribution in [-0.4, -0.2) is 10.3 Å². The number of hydrogen-bond donors (Lipinski definition) is 0. The molecule has 0 aromatic rings. The molecular formula is C12H24Cl2. The first-order valence-electron chi connectivity index (χ1n) is 5.81. The summed E-state index contributed by atoms with van der Waals surface area (Å²) in [5.74, 6) is 0. The molecule has 2 heteroatoms. The number of unbranched alkanes of at least 4 members (excludes halogenated alkanes) is 5. The van der Waals surface area contributed by atoms with E-state index in [-0.39, 0.29) is 10.3 Å². The third kappa shape index (κ3) is 7.94. The van der Waals surface area contributed by atoms with Crippen LogP contribution in [0.2, 0.25) is 0 Å². The third-order valence-electron chi connectivity index (χ3n) is 2.56. The van der Waals surface area contributed by atoms with E-state index in [1.807, 2.05) is 13.8 Å². The first-order chi connectivity index (χ1) is 6.48. The second-order valence-corrected chi connectivity index (χ2v) is 6.09. The minimum Gasteiger partial charge on any atom is -0.121 e. The number of alkyl halides is 2. The van der Waals surface area contributed by atoms with Gasteiger partial charge in [0.2, 0.25) is 0 Å². The van der Waals surface area contributed by atoms with Crippen molar-refractivity contribution in [2.24, 2.45) is 0 Å². The monoisotopic (exact) mass is 238 g/mol. The molecule has 0 nitrogen and oxygen atoms in total. The van der Waals surface area contributed by atoms with Crippen molar-refractivity contribution in [1.82, 2.24) is 0 Å². The Morgan fingerprint density at radius 2 is 1.50 bits per heavy atom. The third-order valence-corrected chi connectivity index (χ3v) is 3.69. The fourth-order valence-corrected chi connectivity index (χ4v) is 1.71. The van der Waals surface area contributed by atoms with Gasteiger partial charge in [0.15, 0.2) is 0 Å². The highest BCUT2D eigenvalue weighted by Gasteiger charge is 2.23. The van der Waals surface area contributed by atoms with Gasteiger partial charge in [0.05, 0.1) is 10.3 Å². The van der Waals surface area contributed by atoms with Crippen molar-refractivity contribution in [2.45, 2.75) is 76.0 Å². The Bertz CT molecular complexity index is 127. The molecule has 0 saturated heterocycles. The van der Waals surface area contributed by atoms with Crippen molar-refractivity contribution >= 4 is 23.2 Å². The SMILES string of the molecule is CCCCCCCCC(Cl)C(C)(C)Cl. The van der Waals surface area contributed by atoms with Crippen LogP contribution in [0.15, 0.2) is 0 Å². The molecule has 86 valence electrons. The van der Waals surface area contributed by atoms with Crippen LogP contribution in [0.5, 0.6) is 0 Å². The van der Waals surface area contributed by atoms with Crippen LogP contribution in [0.25, 0.3) is 0 Å². The molecule has 0 saturated carbocycles. The predicted molar refractivity (Wildman–Crippen MR) is 67.6 cm³/mol. The summed E-state index contributed by atoms with van der Waals surface area (Å²) < 4.78 is 0. The topological polar surface area (TPSA) is 0 Å². The summed E-state index contributed by atoms with van der Waals surface area (Å²) in [5, 5.41) is 0.107. The van der Waals surface area contributed by atoms with Gasteiger partial charge in [0.1, 0.15) is 0 Å². The highest BCUT2D eigenvalue weighted by molar-refractivity contribution is 6.32. The van der Waals surface area contributed by atoms with Crippen molar-refractivity contribution in [2.75, 3.05) is 0 Å². The fraction of sp³-hybridized carbons (Fsp3) is 1.00. The van der Waals surface area contributed by atoms with Crippen LogP contribution >= 0.6 is 23.2 Å². The fourth-order valence-electron chi connectivity index (χ4n) is 1.45. The lowest BCUT2D eigenvalue weighted by Gasteiger charge is -2.22. The molecule has 0 amide bonds. The normalized spacial score (nSPS) is 14.4. The Kier molecular flexibility index (Phi) is 8.14. The van der Waals surface area contributed by atoms with Gasteiger partial charge in [-0.3, -0.25) is 0 Å². The highest BCUT2D eigenvalue weighted by atomic mass is 35.5. The predicted octanol–water partition coefficient (Wildman–Crippen LogP) is 5.36. The van der Waals surface area contributed by atoms with Crippen LogP contribution < -0.4 is 0 Å². The van der Waals surface area contributed by atoms with Crippen molar-refractivity contribution in [3.8, 4) is 0 Å². The number of halogens is 2. The van der Waals surface area contributed by atoms with E-state index in [1.165, 1.54) is 38.5 Å². The molecular weight excluding hydrogens is 215 g/mol. The zero-order valence-corrected chi connectivity index (χ0v) is 11.3. The number of hydrogen-bond acceptors (Lipinski definition) is 0. The van der Waals surface area contributed by atoms with Crippen LogP contribution in [0.1, 0.15) is 65.7 Å². The lowest BCUT2D eigenvalue weighted by molar-refractivity contribution is 0.537. The smallest absolute Gasteiger partial charge is 0.0553 e. The Morgan fingerprint density at radius 1 is 1.00 bits per heavy atom. The van der Waals surface area contributed by atoms with Crippen LogP contribution in [0.3, 0.4) is 0 Å². The van der Waals surface area contributed by atoms with E-state index in [1.54, 1.807) is 0 Å². The van der Waals surface area contributed by atoms with Gasteiger partial charge in [0.25, 0.3) is 0 Å².